The SMILES string of the molecule is CCCCCCCCCCCCCCCCOS(=O)(=O)SC. The van der Waals surface area contributed by atoms with Crippen molar-refractivity contribution in [2.75, 3.05) is 12.9 Å². The fourth-order valence-electron chi connectivity index (χ4n) is 2.51. The molecule has 134 valence electrons. The first-order valence-corrected chi connectivity index (χ1v) is 12.2. The Bertz CT molecular complexity index is 316. The maximum atomic E-state index is 11.1. The Morgan fingerprint density at radius 3 is 1.41 bits per heavy atom. The molecule has 0 spiro atoms. The van der Waals surface area contributed by atoms with Crippen molar-refractivity contribution >= 4 is 19.9 Å². The van der Waals surface area contributed by atoms with Gasteiger partial charge in [-0.3, -0.25) is 4.18 Å². The summed E-state index contributed by atoms with van der Waals surface area (Å²) in [4.78, 5) is 0. The molecule has 0 atom stereocenters. The normalized spacial score (nSPS) is 11.9. The van der Waals surface area contributed by atoms with Gasteiger partial charge in [0.1, 0.15) is 0 Å². The van der Waals surface area contributed by atoms with Crippen LogP contribution in [-0.2, 0) is 13.3 Å². The molecular formula is C17H36O3S2. The topological polar surface area (TPSA) is 43.4 Å². The predicted molar refractivity (Wildman–Crippen MR) is 98.7 cm³/mol. The maximum absolute atomic E-state index is 11.1. The molecule has 3 nitrogen and oxygen atoms in total. The fourth-order valence-corrected chi connectivity index (χ4v) is 3.42. The van der Waals surface area contributed by atoms with Gasteiger partial charge in [0.2, 0.25) is 0 Å². The van der Waals surface area contributed by atoms with Crippen LogP contribution in [0.1, 0.15) is 96.8 Å². The molecular weight excluding hydrogens is 316 g/mol. The molecule has 0 saturated carbocycles. The minimum absolute atomic E-state index is 0.335. The van der Waals surface area contributed by atoms with E-state index in [1.54, 1.807) is 0 Å². The Hall–Kier alpha value is 0.260. The molecule has 22 heavy (non-hydrogen) atoms. The molecule has 0 amide bonds. The van der Waals surface area contributed by atoms with Gasteiger partial charge in [0, 0.05) is 0 Å². The van der Waals surface area contributed by atoms with Crippen molar-refractivity contribution in [3.63, 3.8) is 0 Å². The van der Waals surface area contributed by atoms with Crippen molar-refractivity contribution in [2.24, 2.45) is 0 Å². The molecule has 0 heterocycles. The van der Waals surface area contributed by atoms with E-state index < -0.39 is 9.15 Å². The molecule has 0 rings (SSSR count). The number of unbranched alkanes of at least 4 members (excludes halogenated alkanes) is 13. The van der Waals surface area contributed by atoms with E-state index in [9.17, 15) is 8.42 Å². The Morgan fingerprint density at radius 2 is 1.05 bits per heavy atom. The zero-order valence-corrected chi connectivity index (χ0v) is 16.3. The monoisotopic (exact) mass is 352 g/mol. The van der Waals surface area contributed by atoms with Gasteiger partial charge < -0.3 is 0 Å². The lowest BCUT2D eigenvalue weighted by Gasteiger charge is -2.04. The van der Waals surface area contributed by atoms with Crippen molar-refractivity contribution in [2.45, 2.75) is 96.8 Å². The van der Waals surface area contributed by atoms with Crippen molar-refractivity contribution in [3.05, 3.63) is 0 Å². The van der Waals surface area contributed by atoms with Gasteiger partial charge in [-0.2, -0.15) is 8.42 Å². The summed E-state index contributed by atoms with van der Waals surface area (Å²) in [6.45, 7) is 2.60. The molecule has 0 bridgehead atoms. The summed E-state index contributed by atoms with van der Waals surface area (Å²) in [5.41, 5.74) is 0. The number of hydrogen-bond acceptors (Lipinski definition) is 4. The van der Waals surface area contributed by atoms with Crippen LogP contribution in [0.5, 0.6) is 0 Å². The molecule has 5 heteroatoms. The third-order valence-corrected chi connectivity index (χ3v) is 6.31. The van der Waals surface area contributed by atoms with Gasteiger partial charge in [0.05, 0.1) is 6.61 Å². The van der Waals surface area contributed by atoms with Gasteiger partial charge in [-0.25, -0.2) is 0 Å². The molecule has 0 aromatic heterocycles. The minimum Gasteiger partial charge on any atom is -0.262 e. The van der Waals surface area contributed by atoms with Crippen molar-refractivity contribution in [3.8, 4) is 0 Å². The first kappa shape index (κ1) is 22.3. The summed E-state index contributed by atoms with van der Waals surface area (Å²) in [7, 11) is -2.56. The van der Waals surface area contributed by atoms with Crippen LogP contribution in [0.25, 0.3) is 0 Å². The fraction of sp³-hybridized carbons (Fsp3) is 1.00. The first-order valence-electron chi connectivity index (χ1n) is 9.07. The van der Waals surface area contributed by atoms with E-state index in [4.69, 9.17) is 4.18 Å². The summed E-state index contributed by atoms with van der Waals surface area (Å²) in [5.74, 6) is 0. The van der Waals surface area contributed by atoms with Crippen LogP contribution in [-0.4, -0.2) is 21.3 Å². The highest BCUT2D eigenvalue weighted by atomic mass is 33.1. The number of rotatable bonds is 17. The molecule has 0 radical (unpaired) electrons. The van der Waals surface area contributed by atoms with E-state index >= 15 is 0 Å². The molecule has 0 N–H and O–H groups in total. The zero-order valence-electron chi connectivity index (χ0n) is 14.6. The van der Waals surface area contributed by atoms with Crippen LogP contribution in [0, 0.1) is 0 Å². The van der Waals surface area contributed by atoms with Gasteiger partial charge in [-0.15, -0.1) is 0 Å². The van der Waals surface area contributed by atoms with Crippen LogP contribution >= 0.6 is 10.8 Å². The quantitative estimate of drug-likeness (QED) is 0.234. The van der Waals surface area contributed by atoms with Gasteiger partial charge in [0.25, 0.3) is 0 Å². The summed E-state index contributed by atoms with van der Waals surface area (Å²) < 4.78 is 27.0. The van der Waals surface area contributed by atoms with E-state index in [2.05, 4.69) is 6.92 Å². The highest BCUT2D eigenvalue weighted by molar-refractivity contribution is 8.70. The molecule has 0 aliphatic rings. The van der Waals surface area contributed by atoms with Crippen LogP contribution < -0.4 is 0 Å². The van der Waals surface area contributed by atoms with Crippen LogP contribution in [0.3, 0.4) is 0 Å². The lowest BCUT2D eigenvalue weighted by Crippen LogP contribution is -2.01. The Kier molecular flexibility index (Phi) is 16.3. The third-order valence-electron chi connectivity index (χ3n) is 3.93. The average Bonchev–Trinajstić information content (AvgIpc) is 2.51. The van der Waals surface area contributed by atoms with Crippen LogP contribution in [0.2, 0.25) is 0 Å². The van der Waals surface area contributed by atoms with E-state index in [0.29, 0.717) is 6.61 Å². The van der Waals surface area contributed by atoms with E-state index in [1.807, 2.05) is 0 Å². The summed E-state index contributed by atoms with van der Waals surface area (Å²) in [6, 6.07) is 0. The van der Waals surface area contributed by atoms with E-state index in [-0.39, 0.29) is 0 Å². The second kappa shape index (κ2) is 16.1. The Balaban J connectivity index is 3.09. The highest BCUT2D eigenvalue weighted by Gasteiger charge is 2.06. The molecule has 0 fully saturated rings. The van der Waals surface area contributed by atoms with Crippen molar-refractivity contribution in [1.29, 1.82) is 0 Å². The smallest absolute Gasteiger partial charge is 0.262 e. The summed E-state index contributed by atoms with van der Waals surface area (Å²) in [6.07, 6.45) is 19.7. The van der Waals surface area contributed by atoms with E-state index in [1.165, 1.54) is 83.3 Å². The lowest BCUT2D eigenvalue weighted by molar-refractivity contribution is 0.316. The second-order valence-electron chi connectivity index (χ2n) is 5.99. The summed E-state index contributed by atoms with van der Waals surface area (Å²) in [5, 5.41) is 0. The van der Waals surface area contributed by atoms with Crippen molar-refractivity contribution in [1.82, 2.24) is 0 Å². The van der Waals surface area contributed by atoms with Gasteiger partial charge in [0.15, 0.2) is 0 Å². The standard InChI is InChI=1S/C17H36O3S2/c1-3-4-5-6-7-8-9-10-11-12-13-14-15-16-17-20-22(18,19)21-2/h3-17H2,1-2H3. The van der Waals surface area contributed by atoms with Crippen LogP contribution in [0.4, 0.5) is 0 Å². The van der Waals surface area contributed by atoms with Crippen molar-refractivity contribution < 1.29 is 12.6 Å². The molecule has 0 saturated heterocycles. The molecule has 0 unspecified atom stereocenters. The van der Waals surface area contributed by atoms with E-state index in [0.717, 1.165) is 23.6 Å². The highest BCUT2D eigenvalue weighted by Crippen LogP contribution is 2.14. The summed E-state index contributed by atoms with van der Waals surface area (Å²) >= 11 is 0. The molecule has 0 aromatic carbocycles. The number of hydrogen-bond donors (Lipinski definition) is 0. The second-order valence-corrected chi connectivity index (χ2v) is 9.60. The zero-order chi connectivity index (χ0) is 16.5. The van der Waals surface area contributed by atoms with Gasteiger partial charge >= 0.3 is 9.15 Å². The molecule has 0 aliphatic heterocycles. The maximum Gasteiger partial charge on any atom is 0.321 e. The minimum atomic E-state index is -3.32. The average molecular weight is 353 g/mol. The Morgan fingerprint density at radius 1 is 0.682 bits per heavy atom. The largest absolute Gasteiger partial charge is 0.321 e. The first-order chi connectivity index (χ1) is 10.6. The molecule has 0 aliphatic carbocycles. The Labute approximate surface area is 142 Å². The predicted octanol–water partition coefficient (Wildman–Crippen LogP) is 6.09. The molecule has 0 aromatic rings. The van der Waals surface area contributed by atoms with Crippen LogP contribution in [0.15, 0.2) is 0 Å². The third kappa shape index (κ3) is 16.6. The van der Waals surface area contributed by atoms with Gasteiger partial charge in [-0.1, -0.05) is 90.4 Å². The van der Waals surface area contributed by atoms with Gasteiger partial charge in [-0.05, 0) is 23.5 Å². The lowest BCUT2D eigenvalue weighted by atomic mass is 10.0.